The Morgan fingerprint density at radius 2 is 1.58 bits per heavy atom. The number of rotatable bonds is 6. The first-order valence-electron chi connectivity index (χ1n) is 7.53. The van der Waals surface area contributed by atoms with Gasteiger partial charge in [-0.15, -0.1) is 0 Å². The lowest BCUT2D eigenvalue weighted by Crippen LogP contribution is -1.97. The third kappa shape index (κ3) is 3.47. The lowest BCUT2D eigenvalue weighted by molar-refractivity contribution is 0.714. The van der Waals surface area contributed by atoms with Gasteiger partial charge in [0.1, 0.15) is 0 Å². The molecule has 0 atom stereocenters. The van der Waals surface area contributed by atoms with Crippen LogP contribution in [0.3, 0.4) is 0 Å². The summed E-state index contributed by atoms with van der Waals surface area (Å²) >= 11 is 0. The Labute approximate surface area is 117 Å². The van der Waals surface area contributed by atoms with Crippen molar-refractivity contribution in [3.63, 3.8) is 0 Å². The van der Waals surface area contributed by atoms with Gasteiger partial charge in [-0.3, -0.25) is 0 Å². The Morgan fingerprint density at radius 3 is 2.26 bits per heavy atom. The second-order valence-electron chi connectivity index (χ2n) is 5.12. The average Bonchev–Trinajstić information content (AvgIpc) is 2.48. The van der Waals surface area contributed by atoms with Crippen molar-refractivity contribution in [2.45, 2.75) is 46.0 Å². The molecule has 0 radical (unpaired) electrons. The fraction of sp³-hybridized carbons (Fsp3) is 0.368. The minimum atomic E-state index is 1.13. The highest BCUT2D eigenvalue weighted by atomic mass is 14.1. The first-order valence-corrected chi connectivity index (χ1v) is 7.53. The summed E-state index contributed by atoms with van der Waals surface area (Å²) < 4.78 is 0. The van der Waals surface area contributed by atoms with Crippen molar-refractivity contribution < 1.29 is 0 Å². The maximum Gasteiger partial charge on any atom is -0.0149 e. The second kappa shape index (κ2) is 7.13. The molecular weight excluding hydrogens is 228 g/mol. The molecular formula is C19H24. The molecule has 0 heteroatoms. The summed E-state index contributed by atoms with van der Waals surface area (Å²) in [6.07, 6.45) is 6.25. The number of aryl methyl sites for hydroxylation is 1. The standard InChI is InChI=1S/C19H24/c1-3-5-7-14-18-16(4-2)13-10-15-19(18)17-11-8-6-9-12-17/h6,8-13,15H,3-5,7,14H2,1-2H3. The van der Waals surface area contributed by atoms with Gasteiger partial charge in [-0.1, -0.05) is 75.2 Å². The molecule has 0 bridgehead atoms. The molecule has 0 N–H and O–H groups in total. The molecule has 0 amide bonds. The molecule has 2 rings (SSSR count). The largest absolute Gasteiger partial charge is 0.0654 e. The third-order valence-electron chi connectivity index (χ3n) is 3.77. The Hall–Kier alpha value is -1.56. The van der Waals surface area contributed by atoms with E-state index in [1.807, 2.05) is 0 Å². The van der Waals surface area contributed by atoms with Crippen LogP contribution in [0.4, 0.5) is 0 Å². The van der Waals surface area contributed by atoms with Gasteiger partial charge in [0.15, 0.2) is 0 Å². The minimum Gasteiger partial charge on any atom is -0.0654 e. The van der Waals surface area contributed by atoms with Crippen LogP contribution in [-0.4, -0.2) is 0 Å². The lowest BCUT2D eigenvalue weighted by atomic mass is 9.91. The predicted molar refractivity (Wildman–Crippen MR) is 84.5 cm³/mol. The van der Waals surface area contributed by atoms with Gasteiger partial charge in [0.2, 0.25) is 0 Å². The number of benzene rings is 2. The van der Waals surface area contributed by atoms with E-state index in [4.69, 9.17) is 0 Å². The van der Waals surface area contributed by atoms with E-state index in [9.17, 15) is 0 Å². The SMILES string of the molecule is CCCCCc1c(CC)cccc1-c1ccccc1. The fourth-order valence-corrected chi connectivity index (χ4v) is 2.70. The summed E-state index contributed by atoms with van der Waals surface area (Å²) in [6, 6.07) is 17.5. The fourth-order valence-electron chi connectivity index (χ4n) is 2.70. The van der Waals surface area contributed by atoms with E-state index in [0.717, 1.165) is 6.42 Å². The first kappa shape index (κ1) is 13.9. The van der Waals surface area contributed by atoms with Crippen molar-refractivity contribution in [3.8, 4) is 11.1 Å². The topological polar surface area (TPSA) is 0 Å². The Kier molecular flexibility index (Phi) is 5.20. The van der Waals surface area contributed by atoms with Gasteiger partial charge in [0.25, 0.3) is 0 Å². The zero-order chi connectivity index (χ0) is 13.5. The minimum absolute atomic E-state index is 1.13. The van der Waals surface area contributed by atoms with Gasteiger partial charge in [-0.25, -0.2) is 0 Å². The van der Waals surface area contributed by atoms with Crippen molar-refractivity contribution in [2.75, 3.05) is 0 Å². The number of hydrogen-bond acceptors (Lipinski definition) is 0. The van der Waals surface area contributed by atoms with Crippen molar-refractivity contribution >= 4 is 0 Å². The average molecular weight is 252 g/mol. The molecule has 2 aromatic carbocycles. The quantitative estimate of drug-likeness (QED) is 0.583. The van der Waals surface area contributed by atoms with Gasteiger partial charge in [0.05, 0.1) is 0 Å². The highest BCUT2D eigenvalue weighted by Gasteiger charge is 2.08. The van der Waals surface area contributed by atoms with Crippen LogP contribution < -0.4 is 0 Å². The highest BCUT2D eigenvalue weighted by molar-refractivity contribution is 5.68. The molecule has 0 aromatic heterocycles. The Morgan fingerprint density at radius 1 is 0.789 bits per heavy atom. The van der Waals surface area contributed by atoms with Gasteiger partial charge >= 0.3 is 0 Å². The molecule has 100 valence electrons. The van der Waals surface area contributed by atoms with E-state index in [2.05, 4.69) is 62.4 Å². The summed E-state index contributed by atoms with van der Waals surface area (Å²) in [5.41, 5.74) is 5.85. The monoisotopic (exact) mass is 252 g/mol. The number of hydrogen-bond donors (Lipinski definition) is 0. The van der Waals surface area contributed by atoms with Gasteiger partial charge in [0, 0.05) is 0 Å². The summed E-state index contributed by atoms with van der Waals surface area (Å²) in [6.45, 7) is 4.53. The van der Waals surface area contributed by atoms with E-state index in [1.54, 1.807) is 5.56 Å². The first-order chi connectivity index (χ1) is 9.36. The van der Waals surface area contributed by atoms with Gasteiger partial charge in [-0.2, -0.15) is 0 Å². The number of unbranched alkanes of at least 4 members (excludes halogenated alkanes) is 2. The molecule has 2 aromatic rings. The molecule has 0 nitrogen and oxygen atoms in total. The van der Waals surface area contributed by atoms with Gasteiger partial charge < -0.3 is 0 Å². The van der Waals surface area contributed by atoms with Crippen LogP contribution in [0.2, 0.25) is 0 Å². The van der Waals surface area contributed by atoms with Gasteiger partial charge in [-0.05, 0) is 41.5 Å². The lowest BCUT2D eigenvalue weighted by Gasteiger charge is -2.14. The van der Waals surface area contributed by atoms with E-state index in [-0.39, 0.29) is 0 Å². The van der Waals surface area contributed by atoms with Crippen molar-refractivity contribution in [1.82, 2.24) is 0 Å². The summed E-state index contributed by atoms with van der Waals surface area (Å²) in [5, 5.41) is 0. The molecule has 0 saturated heterocycles. The van der Waals surface area contributed by atoms with Crippen LogP contribution in [0, 0.1) is 0 Å². The third-order valence-corrected chi connectivity index (χ3v) is 3.77. The molecule has 0 unspecified atom stereocenters. The molecule has 0 heterocycles. The molecule has 19 heavy (non-hydrogen) atoms. The Balaban J connectivity index is 2.36. The maximum atomic E-state index is 2.29. The highest BCUT2D eigenvalue weighted by Crippen LogP contribution is 2.28. The van der Waals surface area contributed by atoms with Crippen LogP contribution >= 0.6 is 0 Å². The van der Waals surface area contributed by atoms with Crippen LogP contribution in [0.25, 0.3) is 11.1 Å². The van der Waals surface area contributed by atoms with Crippen molar-refractivity contribution in [3.05, 3.63) is 59.7 Å². The second-order valence-corrected chi connectivity index (χ2v) is 5.12. The van der Waals surface area contributed by atoms with Crippen LogP contribution in [0.1, 0.15) is 44.2 Å². The zero-order valence-corrected chi connectivity index (χ0v) is 12.2. The normalized spacial score (nSPS) is 10.6. The maximum absolute atomic E-state index is 2.29. The van der Waals surface area contributed by atoms with E-state index in [1.165, 1.54) is 42.4 Å². The summed E-state index contributed by atoms with van der Waals surface area (Å²) in [4.78, 5) is 0. The molecule has 0 aliphatic rings. The summed E-state index contributed by atoms with van der Waals surface area (Å²) in [5.74, 6) is 0. The van der Waals surface area contributed by atoms with Crippen LogP contribution in [-0.2, 0) is 12.8 Å². The van der Waals surface area contributed by atoms with Crippen molar-refractivity contribution in [1.29, 1.82) is 0 Å². The molecule has 0 fully saturated rings. The molecule has 0 spiro atoms. The summed E-state index contributed by atoms with van der Waals surface area (Å²) in [7, 11) is 0. The van der Waals surface area contributed by atoms with Crippen molar-refractivity contribution in [2.24, 2.45) is 0 Å². The smallest absolute Gasteiger partial charge is 0.0149 e. The van der Waals surface area contributed by atoms with Crippen LogP contribution in [0.5, 0.6) is 0 Å². The molecule has 0 saturated carbocycles. The van der Waals surface area contributed by atoms with E-state index >= 15 is 0 Å². The van der Waals surface area contributed by atoms with E-state index in [0.29, 0.717) is 0 Å². The Bertz CT molecular complexity index is 497. The predicted octanol–water partition coefficient (Wildman–Crippen LogP) is 5.65. The molecule has 0 aliphatic heterocycles. The van der Waals surface area contributed by atoms with Crippen LogP contribution in [0.15, 0.2) is 48.5 Å². The zero-order valence-electron chi connectivity index (χ0n) is 12.2. The van der Waals surface area contributed by atoms with E-state index < -0.39 is 0 Å². The molecule has 0 aliphatic carbocycles.